The van der Waals surface area contributed by atoms with Crippen molar-refractivity contribution in [2.45, 2.75) is 20.3 Å². The number of fused-ring (bicyclic) bond motifs is 1. The Kier molecular flexibility index (Phi) is 4.89. The minimum atomic E-state index is -0.475. The first-order valence-corrected chi connectivity index (χ1v) is 8.17. The Bertz CT molecular complexity index is 848. The third-order valence-electron chi connectivity index (χ3n) is 4.00. The van der Waals surface area contributed by atoms with E-state index in [2.05, 4.69) is 33.6 Å². The first-order chi connectivity index (χ1) is 11.7. The van der Waals surface area contributed by atoms with Gasteiger partial charge in [-0.05, 0) is 37.1 Å². The van der Waals surface area contributed by atoms with Gasteiger partial charge in [0.15, 0.2) is 0 Å². The molecule has 0 spiro atoms. The van der Waals surface area contributed by atoms with Crippen molar-refractivity contribution in [3.63, 3.8) is 0 Å². The summed E-state index contributed by atoms with van der Waals surface area (Å²) in [5.74, 6) is 0.0697. The lowest BCUT2D eigenvalue weighted by Crippen LogP contribution is -2.16. The molecule has 2 N–H and O–H groups in total. The molecule has 124 valence electrons. The highest BCUT2D eigenvalue weighted by atomic mass is 19.1. The smallest absolute Gasteiger partial charge is 0.214 e. The van der Waals surface area contributed by atoms with E-state index in [1.807, 2.05) is 25.1 Å². The zero-order valence-electron chi connectivity index (χ0n) is 13.9. The van der Waals surface area contributed by atoms with Gasteiger partial charge >= 0.3 is 0 Å². The van der Waals surface area contributed by atoms with E-state index < -0.39 is 5.95 Å². The average Bonchev–Trinajstić information content (AvgIpc) is 2.58. The van der Waals surface area contributed by atoms with Gasteiger partial charge in [0.1, 0.15) is 5.82 Å². The second-order valence-electron chi connectivity index (χ2n) is 5.62. The van der Waals surface area contributed by atoms with Crippen LogP contribution in [0.5, 0.6) is 0 Å². The van der Waals surface area contributed by atoms with E-state index in [9.17, 15) is 4.39 Å². The first kappa shape index (κ1) is 16.2. The van der Waals surface area contributed by atoms with E-state index in [1.54, 1.807) is 12.1 Å². The van der Waals surface area contributed by atoms with E-state index in [0.29, 0.717) is 18.9 Å². The lowest BCUT2D eigenvalue weighted by molar-refractivity contribution is 0.585. The van der Waals surface area contributed by atoms with Crippen molar-refractivity contribution in [2.75, 3.05) is 23.7 Å². The number of rotatable bonds is 6. The van der Waals surface area contributed by atoms with Crippen LogP contribution in [0.4, 0.5) is 15.9 Å². The van der Waals surface area contributed by atoms with Gasteiger partial charge in [-0.3, -0.25) is 4.98 Å². The van der Waals surface area contributed by atoms with Crippen molar-refractivity contribution in [1.82, 2.24) is 9.97 Å². The first-order valence-electron chi connectivity index (χ1n) is 8.17. The van der Waals surface area contributed by atoms with Gasteiger partial charge < -0.3 is 10.6 Å². The van der Waals surface area contributed by atoms with E-state index in [4.69, 9.17) is 0 Å². The van der Waals surface area contributed by atoms with Crippen LogP contribution in [-0.2, 0) is 6.42 Å². The lowest BCUT2D eigenvalue weighted by Gasteiger charge is -2.16. The molecule has 0 aliphatic heterocycles. The zero-order chi connectivity index (χ0) is 16.9. The van der Waals surface area contributed by atoms with Gasteiger partial charge in [-0.2, -0.15) is 4.39 Å². The number of aryl methyl sites for hydroxylation is 1. The number of benzene rings is 1. The largest absolute Gasteiger partial charge is 0.382 e. The summed E-state index contributed by atoms with van der Waals surface area (Å²) >= 11 is 0. The van der Waals surface area contributed by atoms with Gasteiger partial charge in [0.25, 0.3) is 0 Å². The second-order valence-corrected chi connectivity index (χ2v) is 5.62. The molecule has 1 aromatic carbocycles. The van der Waals surface area contributed by atoms with Gasteiger partial charge in [-0.25, -0.2) is 4.98 Å². The number of nitrogens with zero attached hydrogens (tertiary/aromatic N) is 2. The van der Waals surface area contributed by atoms with Crippen molar-refractivity contribution in [3.8, 4) is 0 Å². The molecular formula is C19H21FN4. The molecule has 0 saturated heterocycles. The summed E-state index contributed by atoms with van der Waals surface area (Å²) in [7, 11) is 0. The molecule has 2 heterocycles. The molecule has 0 atom stereocenters. The van der Waals surface area contributed by atoms with Gasteiger partial charge in [-0.1, -0.05) is 31.2 Å². The molecule has 2 aromatic heterocycles. The van der Waals surface area contributed by atoms with Crippen LogP contribution in [-0.4, -0.2) is 23.1 Å². The van der Waals surface area contributed by atoms with E-state index >= 15 is 0 Å². The monoisotopic (exact) mass is 324 g/mol. The predicted molar refractivity (Wildman–Crippen MR) is 97.0 cm³/mol. The number of hydrogen-bond donors (Lipinski definition) is 2. The quantitative estimate of drug-likeness (QED) is 0.528. The number of nitrogens with one attached hydrogen (secondary N) is 2. The second kappa shape index (κ2) is 7.25. The third kappa shape index (κ3) is 3.45. The lowest BCUT2D eigenvalue weighted by atomic mass is 10.0. The van der Waals surface area contributed by atoms with Crippen molar-refractivity contribution < 1.29 is 4.39 Å². The van der Waals surface area contributed by atoms with Crippen molar-refractivity contribution in [3.05, 3.63) is 59.7 Å². The molecule has 0 bridgehead atoms. The maximum absolute atomic E-state index is 13.1. The van der Waals surface area contributed by atoms with Crippen molar-refractivity contribution >= 4 is 22.4 Å². The number of pyridine rings is 2. The Labute approximate surface area is 141 Å². The number of anilines is 2. The molecule has 0 unspecified atom stereocenters. The summed E-state index contributed by atoms with van der Waals surface area (Å²) in [6.07, 6.45) is 0.922. The van der Waals surface area contributed by atoms with Gasteiger partial charge in [-0.15, -0.1) is 0 Å². The maximum Gasteiger partial charge on any atom is 0.214 e. The normalized spacial score (nSPS) is 10.8. The Hall–Kier alpha value is -2.69. The van der Waals surface area contributed by atoms with Crippen LogP contribution < -0.4 is 10.6 Å². The summed E-state index contributed by atoms with van der Waals surface area (Å²) < 4.78 is 13.1. The highest BCUT2D eigenvalue weighted by Gasteiger charge is 2.10. The van der Waals surface area contributed by atoms with E-state index in [1.165, 1.54) is 11.6 Å². The van der Waals surface area contributed by atoms with Crippen LogP contribution in [0.1, 0.15) is 18.2 Å². The molecule has 0 fully saturated rings. The van der Waals surface area contributed by atoms with E-state index in [0.717, 1.165) is 28.7 Å². The number of hydrogen-bond acceptors (Lipinski definition) is 4. The fourth-order valence-electron chi connectivity index (χ4n) is 2.89. The third-order valence-corrected chi connectivity index (χ3v) is 4.00. The highest BCUT2D eigenvalue weighted by Crippen LogP contribution is 2.28. The average molecular weight is 324 g/mol. The van der Waals surface area contributed by atoms with Gasteiger partial charge in [0.2, 0.25) is 5.95 Å². The molecule has 0 aliphatic carbocycles. The van der Waals surface area contributed by atoms with Crippen molar-refractivity contribution in [1.29, 1.82) is 0 Å². The molecule has 24 heavy (non-hydrogen) atoms. The zero-order valence-corrected chi connectivity index (χ0v) is 13.9. The summed E-state index contributed by atoms with van der Waals surface area (Å²) in [4.78, 5) is 8.49. The molecule has 4 nitrogen and oxygen atoms in total. The molecule has 3 aromatic rings. The minimum Gasteiger partial charge on any atom is -0.382 e. The molecule has 0 radical (unpaired) electrons. The van der Waals surface area contributed by atoms with Gasteiger partial charge in [0.05, 0.1) is 5.52 Å². The maximum atomic E-state index is 13.1. The van der Waals surface area contributed by atoms with E-state index in [-0.39, 0.29) is 0 Å². The molecule has 0 aliphatic rings. The molecular weight excluding hydrogens is 303 g/mol. The summed E-state index contributed by atoms with van der Waals surface area (Å²) in [5, 5.41) is 7.76. The Balaban J connectivity index is 1.74. The Morgan fingerprint density at radius 2 is 1.75 bits per heavy atom. The van der Waals surface area contributed by atoms with Crippen LogP contribution >= 0.6 is 0 Å². The number of aromatic nitrogens is 2. The van der Waals surface area contributed by atoms with Crippen LogP contribution in [0.15, 0.2) is 42.5 Å². The summed E-state index contributed by atoms with van der Waals surface area (Å²) in [6.45, 7) is 5.54. The molecule has 0 saturated carbocycles. The molecule has 0 amide bonds. The van der Waals surface area contributed by atoms with Crippen LogP contribution in [0, 0.1) is 12.9 Å². The van der Waals surface area contributed by atoms with Crippen LogP contribution in [0.2, 0.25) is 0 Å². The predicted octanol–water partition coefficient (Wildman–Crippen LogP) is 4.16. The summed E-state index contributed by atoms with van der Waals surface area (Å²) in [5.41, 5.74) is 4.42. The number of halogens is 1. The van der Waals surface area contributed by atoms with Crippen molar-refractivity contribution in [2.24, 2.45) is 0 Å². The Morgan fingerprint density at radius 1 is 0.958 bits per heavy atom. The molecule has 3 rings (SSSR count). The van der Waals surface area contributed by atoms with Crippen LogP contribution in [0.3, 0.4) is 0 Å². The molecule has 5 heteroatoms. The number of para-hydroxylation sites is 1. The Morgan fingerprint density at radius 3 is 2.54 bits per heavy atom. The summed E-state index contributed by atoms with van der Waals surface area (Å²) in [6, 6.07) is 12.9. The highest BCUT2D eigenvalue weighted by molar-refractivity contribution is 5.93. The van der Waals surface area contributed by atoms with Gasteiger partial charge in [0, 0.05) is 29.9 Å². The van der Waals surface area contributed by atoms with Crippen LogP contribution in [0.25, 0.3) is 10.9 Å². The standard InChI is InChI=1S/C19H21FN4/c1-3-14-13(2)23-16-8-5-4-7-15(16)19(14)22-12-11-21-18-10-6-9-17(20)24-18/h4-10H,3,11-12H2,1-2H3,(H,21,24)(H,22,23). The topological polar surface area (TPSA) is 49.8 Å². The minimum absolute atomic E-state index is 0.475. The SMILES string of the molecule is CCc1c(C)nc2ccccc2c1NCCNc1cccc(F)n1. The fourth-order valence-corrected chi connectivity index (χ4v) is 2.89. The fraction of sp³-hybridized carbons (Fsp3) is 0.263.